The van der Waals surface area contributed by atoms with Crippen LogP contribution < -0.4 is 15.4 Å². The normalized spacial score (nSPS) is 11.5. The maximum Gasteiger partial charge on any atom is 0.257 e. The molecule has 0 aliphatic carbocycles. The third-order valence-corrected chi connectivity index (χ3v) is 2.67. The maximum atomic E-state index is 11.5. The topological polar surface area (TPSA) is 63.2 Å². The van der Waals surface area contributed by atoms with E-state index >= 15 is 0 Å². The summed E-state index contributed by atoms with van der Waals surface area (Å²) in [4.78, 5) is 15.8. The summed E-state index contributed by atoms with van der Waals surface area (Å²) in [5.41, 5.74) is 1.01. The van der Waals surface area contributed by atoms with Crippen molar-refractivity contribution in [3.05, 3.63) is 24.0 Å². The van der Waals surface area contributed by atoms with Gasteiger partial charge in [0, 0.05) is 18.6 Å². The Labute approximate surface area is 127 Å². The summed E-state index contributed by atoms with van der Waals surface area (Å²) in [6, 6.07) is 3.74. The summed E-state index contributed by atoms with van der Waals surface area (Å²) in [5.74, 6) is 0.932. The van der Waals surface area contributed by atoms with Gasteiger partial charge in [0.15, 0.2) is 6.61 Å². The van der Waals surface area contributed by atoms with Crippen molar-refractivity contribution in [2.75, 3.05) is 13.2 Å². The third kappa shape index (κ3) is 8.30. The minimum absolute atomic E-state index is 0.0218. The van der Waals surface area contributed by atoms with Gasteiger partial charge in [-0.15, -0.1) is 0 Å². The average Bonchev–Trinajstić information content (AvgIpc) is 2.41. The second-order valence-corrected chi connectivity index (χ2v) is 6.58. The van der Waals surface area contributed by atoms with Gasteiger partial charge in [0.05, 0.1) is 11.9 Å². The molecule has 0 fully saturated rings. The van der Waals surface area contributed by atoms with Gasteiger partial charge < -0.3 is 15.4 Å². The van der Waals surface area contributed by atoms with Gasteiger partial charge in [-0.3, -0.25) is 9.78 Å². The van der Waals surface area contributed by atoms with Gasteiger partial charge in [0.1, 0.15) is 5.75 Å². The molecule has 5 nitrogen and oxygen atoms in total. The quantitative estimate of drug-likeness (QED) is 0.808. The minimum atomic E-state index is -0.109. The van der Waals surface area contributed by atoms with Crippen LogP contribution in [0.4, 0.5) is 0 Å². The van der Waals surface area contributed by atoms with Crippen LogP contribution in [-0.2, 0) is 11.3 Å². The smallest absolute Gasteiger partial charge is 0.257 e. The molecule has 0 spiro atoms. The summed E-state index contributed by atoms with van der Waals surface area (Å²) < 4.78 is 5.41. The molecule has 0 radical (unpaired) electrons. The lowest BCUT2D eigenvalue weighted by molar-refractivity contribution is -0.123. The Morgan fingerprint density at radius 3 is 2.57 bits per heavy atom. The van der Waals surface area contributed by atoms with Gasteiger partial charge >= 0.3 is 0 Å². The number of nitrogens with zero attached hydrogens (tertiary/aromatic N) is 1. The highest BCUT2D eigenvalue weighted by Gasteiger charge is 2.09. The predicted octanol–water partition coefficient (Wildman–Crippen LogP) is 2.12. The minimum Gasteiger partial charge on any atom is -0.482 e. The van der Waals surface area contributed by atoms with Crippen molar-refractivity contribution < 1.29 is 9.53 Å². The zero-order chi connectivity index (χ0) is 15.9. The molecule has 5 heteroatoms. The van der Waals surface area contributed by atoms with Gasteiger partial charge in [-0.1, -0.05) is 13.8 Å². The average molecular weight is 293 g/mol. The fourth-order valence-electron chi connectivity index (χ4n) is 1.47. The van der Waals surface area contributed by atoms with Crippen LogP contribution in [0.5, 0.6) is 5.75 Å². The Morgan fingerprint density at radius 2 is 2.05 bits per heavy atom. The number of aromatic nitrogens is 1. The molecule has 1 heterocycles. The Balaban J connectivity index is 2.35. The number of rotatable bonds is 7. The number of amides is 1. The summed E-state index contributed by atoms with van der Waals surface area (Å²) in [6.45, 7) is 11.8. The molecule has 21 heavy (non-hydrogen) atoms. The molecule has 2 N–H and O–H groups in total. The van der Waals surface area contributed by atoms with Crippen LogP contribution in [-0.4, -0.2) is 29.6 Å². The molecule has 0 unspecified atom stereocenters. The molecule has 0 aliphatic heterocycles. The van der Waals surface area contributed by atoms with Crippen LogP contribution in [0.3, 0.4) is 0 Å². The van der Waals surface area contributed by atoms with Crippen molar-refractivity contribution in [3.8, 4) is 5.75 Å². The van der Waals surface area contributed by atoms with E-state index in [0.717, 1.165) is 5.69 Å². The highest BCUT2D eigenvalue weighted by molar-refractivity contribution is 5.77. The highest BCUT2D eigenvalue weighted by Crippen LogP contribution is 2.10. The molecule has 0 aliphatic rings. The molecule has 1 amide bonds. The van der Waals surface area contributed by atoms with E-state index in [9.17, 15) is 4.79 Å². The SMILES string of the molecule is CC(C)CNC(=O)COc1ccc(CNC(C)(C)C)nc1. The summed E-state index contributed by atoms with van der Waals surface area (Å²) in [7, 11) is 0. The molecular formula is C16H27N3O2. The Kier molecular flexibility index (Phi) is 6.62. The molecule has 118 valence electrons. The van der Waals surface area contributed by atoms with Crippen LogP contribution in [0, 0.1) is 5.92 Å². The fraction of sp³-hybridized carbons (Fsp3) is 0.625. The Hall–Kier alpha value is -1.62. The summed E-state index contributed by atoms with van der Waals surface area (Å²) in [5, 5.41) is 6.17. The first kappa shape index (κ1) is 17.4. The first-order valence-electron chi connectivity index (χ1n) is 7.36. The van der Waals surface area contributed by atoms with Crippen LogP contribution in [0.15, 0.2) is 18.3 Å². The standard InChI is InChI=1S/C16H27N3O2/c1-12(2)8-18-15(20)11-21-14-7-6-13(17-10-14)9-19-16(3,4)5/h6-7,10,12,19H,8-9,11H2,1-5H3,(H,18,20). The lowest BCUT2D eigenvalue weighted by atomic mass is 10.1. The Morgan fingerprint density at radius 1 is 1.33 bits per heavy atom. The second-order valence-electron chi connectivity index (χ2n) is 6.58. The van der Waals surface area contributed by atoms with E-state index in [1.807, 2.05) is 12.1 Å². The second kappa shape index (κ2) is 7.98. The van der Waals surface area contributed by atoms with Gasteiger partial charge in [-0.25, -0.2) is 0 Å². The van der Waals surface area contributed by atoms with Crippen LogP contribution in [0.1, 0.15) is 40.3 Å². The summed E-state index contributed by atoms with van der Waals surface area (Å²) >= 11 is 0. The van der Waals surface area contributed by atoms with Crippen LogP contribution in [0.2, 0.25) is 0 Å². The van der Waals surface area contributed by atoms with E-state index < -0.39 is 0 Å². The zero-order valence-electron chi connectivity index (χ0n) is 13.7. The summed E-state index contributed by atoms with van der Waals surface area (Å²) in [6.07, 6.45) is 1.65. The van der Waals surface area contributed by atoms with Gasteiger partial charge in [0.25, 0.3) is 5.91 Å². The van der Waals surface area contributed by atoms with E-state index in [1.165, 1.54) is 0 Å². The van der Waals surface area contributed by atoms with Crippen molar-refractivity contribution in [1.82, 2.24) is 15.6 Å². The lowest BCUT2D eigenvalue weighted by Crippen LogP contribution is -2.35. The molecule has 1 rings (SSSR count). The maximum absolute atomic E-state index is 11.5. The Bertz CT molecular complexity index is 436. The van der Waals surface area contributed by atoms with Crippen LogP contribution >= 0.6 is 0 Å². The van der Waals surface area contributed by atoms with Crippen molar-refractivity contribution >= 4 is 5.91 Å². The number of ether oxygens (including phenoxy) is 1. The molecule has 1 aromatic heterocycles. The van der Waals surface area contributed by atoms with E-state index in [0.29, 0.717) is 24.8 Å². The number of hydrogen-bond donors (Lipinski definition) is 2. The van der Waals surface area contributed by atoms with Gasteiger partial charge in [-0.2, -0.15) is 0 Å². The number of pyridine rings is 1. The number of carbonyl (C=O) groups excluding carboxylic acids is 1. The third-order valence-electron chi connectivity index (χ3n) is 2.67. The monoisotopic (exact) mass is 293 g/mol. The van der Waals surface area contributed by atoms with Crippen molar-refractivity contribution in [2.45, 2.75) is 46.7 Å². The number of carbonyl (C=O) groups is 1. The van der Waals surface area contributed by atoms with Crippen molar-refractivity contribution in [2.24, 2.45) is 5.92 Å². The molecule has 0 bridgehead atoms. The fourth-order valence-corrected chi connectivity index (χ4v) is 1.47. The van der Waals surface area contributed by atoms with Crippen LogP contribution in [0.25, 0.3) is 0 Å². The van der Waals surface area contributed by atoms with E-state index in [-0.39, 0.29) is 18.1 Å². The predicted molar refractivity (Wildman–Crippen MR) is 84.2 cm³/mol. The largest absolute Gasteiger partial charge is 0.482 e. The molecule has 0 saturated carbocycles. The molecule has 1 aromatic rings. The van der Waals surface area contributed by atoms with Crippen molar-refractivity contribution in [3.63, 3.8) is 0 Å². The number of nitrogens with one attached hydrogen (secondary N) is 2. The zero-order valence-corrected chi connectivity index (χ0v) is 13.7. The molecule has 0 saturated heterocycles. The highest BCUT2D eigenvalue weighted by atomic mass is 16.5. The first-order chi connectivity index (χ1) is 9.76. The van der Waals surface area contributed by atoms with Gasteiger partial charge in [0.2, 0.25) is 0 Å². The molecule has 0 atom stereocenters. The molecular weight excluding hydrogens is 266 g/mol. The first-order valence-corrected chi connectivity index (χ1v) is 7.36. The van der Waals surface area contributed by atoms with E-state index in [2.05, 4.69) is 50.2 Å². The van der Waals surface area contributed by atoms with E-state index in [1.54, 1.807) is 6.20 Å². The lowest BCUT2D eigenvalue weighted by Gasteiger charge is -2.20. The number of hydrogen-bond acceptors (Lipinski definition) is 4. The van der Waals surface area contributed by atoms with Gasteiger partial charge in [-0.05, 0) is 38.8 Å². The van der Waals surface area contributed by atoms with E-state index in [4.69, 9.17) is 4.74 Å². The molecule has 0 aromatic carbocycles. The van der Waals surface area contributed by atoms with Crippen molar-refractivity contribution in [1.29, 1.82) is 0 Å².